The molecule has 0 fully saturated rings. The Morgan fingerprint density at radius 2 is 2.06 bits per heavy atom. The van der Waals surface area contributed by atoms with E-state index in [0.717, 1.165) is 12.1 Å². The highest BCUT2D eigenvalue weighted by Crippen LogP contribution is 2.18. The summed E-state index contributed by atoms with van der Waals surface area (Å²) in [4.78, 5) is 6.68. The van der Waals surface area contributed by atoms with Crippen LogP contribution in [-0.4, -0.2) is 37.6 Å². The maximum absolute atomic E-state index is 4.50. The number of rotatable bonds is 4. The van der Waals surface area contributed by atoms with Crippen LogP contribution in [0.2, 0.25) is 0 Å². The Labute approximate surface area is 102 Å². The molecule has 0 spiro atoms. The highest BCUT2D eigenvalue weighted by Gasteiger charge is 2.10. The molecule has 0 radical (unpaired) electrons. The lowest BCUT2D eigenvalue weighted by atomic mass is 10.1. The molecular weight excluding hydrogens is 210 g/mol. The molecule has 0 amide bonds. The van der Waals surface area contributed by atoms with Crippen LogP contribution in [0.3, 0.4) is 0 Å². The molecule has 90 valence electrons. The van der Waals surface area contributed by atoms with E-state index >= 15 is 0 Å². The van der Waals surface area contributed by atoms with E-state index in [1.807, 2.05) is 31.4 Å². The van der Waals surface area contributed by atoms with Gasteiger partial charge in [-0.25, -0.2) is 0 Å². The van der Waals surface area contributed by atoms with Gasteiger partial charge in [0.1, 0.15) is 0 Å². The first-order chi connectivity index (χ1) is 8.20. The van der Waals surface area contributed by atoms with Gasteiger partial charge in [0.15, 0.2) is 0 Å². The van der Waals surface area contributed by atoms with Crippen molar-refractivity contribution in [2.24, 2.45) is 0 Å². The molecule has 0 aliphatic rings. The van der Waals surface area contributed by atoms with Crippen LogP contribution in [-0.2, 0) is 0 Å². The summed E-state index contributed by atoms with van der Waals surface area (Å²) in [5, 5.41) is 4.53. The smallest absolute Gasteiger partial charge is 0.0702 e. The van der Waals surface area contributed by atoms with Crippen molar-refractivity contribution in [3.63, 3.8) is 0 Å². The zero-order chi connectivity index (χ0) is 12.3. The van der Waals surface area contributed by atoms with Crippen molar-refractivity contribution in [3.05, 3.63) is 42.1 Å². The number of pyridine rings is 1. The number of nitrogens with zero attached hydrogens (tertiary/aromatic N) is 2. The molecule has 1 N–H and O–H groups in total. The fourth-order valence-electron chi connectivity index (χ4n) is 2.01. The molecule has 0 saturated carbocycles. The van der Waals surface area contributed by atoms with Crippen molar-refractivity contribution < 1.29 is 0 Å². The molecule has 0 saturated heterocycles. The van der Waals surface area contributed by atoms with Gasteiger partial charge in [0.05, 0.1) is 5.52 Å². The van der Waals surface area contributed by atoms with E-state index in [2.05, 4.69) is 41.4 Å². The molecule has 0 aliphatic heterocycles. The van der Waals surface area contributed by atoms with E-state index in [1.165, 1.54) is 10.9 Å². The van der Waals surface area contributed by atoms with Crippen LogP contribution in [0, 0.1) is 0 Å². The third-order valence-electron chi connectivity index (χ3n) is 2.91. The van der Waals surface area contributed by atoms with Gasteiger partial charge in [-0.1, -0.05) is 18.2 Å². The fourth-order valence-corrected chi connectivity index (χ4v) is 2.01. The first-order valence-corrected chi connectivity index (χ1v) is 5.87. The molecular formula is C14H19N3. The number of likely N-dealkylation sites (N-methyl/N-ethyl adjacent to an activating group) is 2. The maximum Gasteiger partial charge on any atom is 0.0702 e. The predicted molar refractivity (Wildman–Crippen MR) is 72.1 cm³/mol. The lowest BCUT2D eigenvalue weighted by molar-refractivity contribution is 0.352. The molecule has 3 nitrogen and oxygen atoms in total. The number of nitrogens with one attached hydrogen (secondary N) is 1. The van der Waals surface area contributed by atoms with Crippen LogP contribution in [0.5, 0.6) is 0 Å². The zero-order valence-electron chi connectivity index (χ0n) is 10.6. The van der Waals surface area contributed by atoms with Gasteiger partial charge in [0.2, 0.25) is 0 Å². The second-order valence-corrected chi connectivity index (χ2v) is 4.56. The fraction of sp³-hybridized carbons (Fsp3) is 0.357. The monoisotopic (exact) mass is 229 g/mol. The maximum atomic E-state index is 4.50. The quantitative estimate of drug-likeness (QED) is 0.869. The van der Waals surface area contributed by atoms with E-state index in [0.29, 0.717) is 6.04 Å². The summed E-state index contributed by atoms with van der Waals surface area (Å²) in [5.74, 6) is 0. The Kier molecular flexibility index (Phi) is 3.71. The van der Waals surface area contributed by atoms with Gasteiger partial charge in [0, 0.05) is 24.2 Å². The lowest BCUT2D eigenvalue weighted by Crippen LogP contribution is -2.28. The van der Waals surface area contributed by atoms with E-state index in [4.69, 9.17) is 0 Å². The molecule has 1 unspecified atom stereocenters. The molecule has 1 aromatic carbocycles. The third-order valence-corrected chi connectivity index (χ3v) is 2.91. The number of para-hydroxylation sites is 1. The van der Waals surface area contributed by atoms with Crippen molar-refractivity contribution in [3.8, 4) is 0 Å². The summed E-state index contributed by atoms with van der Waals surface area (Å²) >= 11 is 0. The molecule has 17 heavy (non-hydrogen) atoms. The summed E-state index contributed by atoms with van der Waals surface area (Å²) in [7, 11) is 6.15. The first-order valence-electron chi connectivity index (χ1n) is 5.87. The molecule has 1 atom stereocenters. The zero-order valence-corrected chi connectivity index (χ0v) is 10.6. The SMILES string of the molecule is CNC(CN(C)C)c1cnc2ccccc2c1. The van der Waals surface area contributed by atoms with Crippen LogP contribution in [0.15, 0.2) is 36.5 Å². The summed E-state index contributed by atoms with van der Waals surface area (Å²) in [6.07, 6.45) is 1.97. The van der Waals surface area contributed by atoms with Crippen molar-refractivity contribution in [1.29, 1.82) is 0 Å². The Bertz CT molecular complexity index is 494. The van der Waals surface area contributed by atoms with Crippen molar-refractivity contribution in [2.45, 2.75) is 6.04 Å². The minimum absolute atomic E-state index is 0.321. The van der Waals surface area contributed by atoms with E-state index in [-0.39, 0.29) is 0 Å². The Morgan fingerprint density at radius 3 is 2.76 bits per heavy atom. The lowest BCUT2D eigenvalue weighted by Gasteiger charge is -2.20. The molecule has 1 aromatic heterocycles. The van der Waals surface area contributed by atoms with Gasteiger partial charge in [-0.2, -0.15) is 0 Å². The molecule has 2 aromatic rings. The van der Waals surface area contributed by atoms with Crippen LogP contribution < -0.4 is 5.32 Å². The minimum Gasteiger partial charge on any atom is -0.312 e. The topological polar surface area (TPSA) is 28.2 Å². The Hall–Kier alpha value is -1.45. The highest BCUT2D eigenvalue weighted by molar-refractivity contribution is 5.78. The van der Waals surface area contributed by atoms with Gasteiger partial charge >= 0.3 is 0 Å². The predicted octanol–water partition coefficient (Wildman–Crippen LogP) is 2.06. The van der Waals surface area contributed by atoms with E-state index in [9.17, 15) is 0 Å². The van der Waals surface area contributed by atoms with Crippen LogP contribution in [0.25, 0.3) is 10.9 Å². The van der Waals surface area contributed by atoms with Crippen LogP contribution >= 0.6 is 0 Å². The average Bonchev–Trinajstić information content (AvgIpc) is 2.35. The summed E-state index contributed by atoms with van der Waals surface area (Å²) in [6.45, 7) is 0.969. The van der Waals surface area contributed by atoms with Gasteiger partial charge < -0.3 is 10.2 Å². The van der Waals surface area contributed by atoms with Gasteiger partial charge in [-0.3, -0.25) is 4.98 Å². The first kappa shape index (κ1) is 12.0. The second-order valence-electron chi connectivity index (χ2n) is 4.56. The third kappa shape index (κ3) is 2.81. The Balaban J connectivity index is 2.34. The number of benzene rings is 1. The average molecular weight is 229 g/mol. The standard InChI is InChI=1S/C14H19N3/c1-15-14(10-17(2)3)12-8-11-6-4-5-7-13(11)16-9-12/h4-9,14-15H,10H2,1-3H3. The number of aromatic nitrogens is 1. The molecule has 3 heteroatoms. The van der Waals surface area contributed by atoms with Gasteiger partial charge in [-0.05, 0) is 38.8 Å². The van der Waals surface area contributed by atoms with E-state index in [1.54, 1.807) is 0 Å². The molecule has 1 heterocycles. The van der Waals surface area contributed by atoms with Gasteiger partial charge in [-0.15, -0.1) is 0 Å². The van der Waals surface area contributed by atoms with Crippen LogP contribution in [0.1, 0.15) is 11.6 Å². The Morgan fingerprint density at radius 1 is 1.29 bits per heavy atom. The number of hydrogen-bond donors (Lipinski definition) is 1. The van der Waals surface area contributed by atoms with Gasteiger partial charge in [0.25, 0.3) is 0 Å². The minimum atomic E-state index is 0.321. The van der Waals surface area contributed by atoms with Crippen molar-refractivity contribution in [2.75, 3.05) is 27.7 Å². The molecule has 2 rings (SSSR count). The summed E-state index contributed by atoms with van der Waals surface area (Å²) in [6, 6.07) is 10.8. The van der Waals surface area contributed by atoms with E-state index < -0.39 is 0 Å². The normalized spacial score (nSPS) is 13.2. The largest absolute Gasteiger partial charge is 0.312 e. The van der Waals surface area contributed by atoms with Crippen molar-refractivity contribution in [1.82, 2.24) is 15.2 Å². The summed E-state index contributed by atoms with van der Waals surface area (Å²) < 4.78 is 0. The molecule has 0 bridgehead atoms. The summed E-state index contributed by atoms with van der Waals surface area (Å²) in [5.41, 5.74) is 2.29. The number of fused-ring (bicyclic) bond motifs is 1. The van der Waals surface area contributed by atoms with Crippen LogP contribution in [0.4, 0.5) is 0 Å². The second kappa shape index (κ2) is 5.25. The van der Waals surface area contributed by atoms with Crippen molar-refractivity contribution >= 4 is 10.9 Å². The highest BCUT2D eigenvalue weighted by atomic mass is 15.1. The molecule has 0 aliphatic carbocycles. The number of hydrogen-bond acceptors (Lipinski definition) is 3.